The molecular weight excluding hydrogens is 368 g/mol. The van der Waals surface area contributed by atoms with Crippen molar-refractivity contribution >= 4 is 11.9 Å². The summed E-state index contributed by atoms with van der Waals surface area (Å²) >= 11 is 0. The molecule has 0 aromatic rings. The van der Waals surface area contributed by atoms with Crippen LogP contribution in [0.4, 0.5) is 0 Å². The summed E-state index contributed by atoms with van der Waals surface area (Å²) in [5.74, 6) is 1.06. The number of methoxy groups -OCH3 is 1. The van der Waals surface area contributed by atoms with Gasteiger partial charge in [-0.2, -0.15) is 0 Å². The maximum Gasteiger partial charge on any atom is 0.234 e. The standard InChI is InChI=1S/C21H44N6O2/c1-7-22-21(24-9-8-11-27(18(2)3)19(4)5)26-14-12-25(13-15-26)17-20(28)23-10-16-29-6/h18-19H,7-17H2,1-6H3,(H,22,24)(H,23,28). The van der Waals surface area contributed by atoms with Gasteiger partial charge in [0.05, 0.1) is 13.2 Å². The van der Waals surface area contributed by atoms with Gasteiger partial charge >= 0.3 is 0 Å². The first-order valence-corrected chi connectivity index (χ1v) is 11.2. The first-order chi connectivity index (χ1) is 13.9. The maximum atomic E-state index is 12.0. The number of nitrogens with zero attached hydrogens (tertiary/aromatic N) is 4. The van der Waals surface area contributed by atoms with Gasteiger partial charge in [0.2, 0.25) is 5.91 Å². The summed E-state index contributed by atoms with van der Waals surface area (Å²) in [4.78, 5) is 23.8. The molecule has 1 heterocycles. The van der Waals surface area contributed by atoms with E-state index in [0.717, 1.165) is 58.2 Å². The summed E-state index contributed by atoms with van der Waals surface area (Å²) in [6, 6.07) is 1.12. The molecule has 8 nitrogen and oxygen atoms in total. The number of hydrogen-bond donors (Lipinski definition) is 2. The molecule has 0 aliphatic carbocycles. The van der Waals surface area contributed by atoms with Gasteiger partial charge in [0, 0.05) is 71.6 Å². The molecule has 1 aliphatic rings. The van der Waals surface area contributed by atoms with Crippen molar-refractivity contribution < 1.29 is 9.53 Å². The van der Waals surface area contributed by atoms with Gasteiger partial charge in [-0.05, 0) is 41.0 Å². The summed E-state index contributed by atoms with van der Waals surface area (Å²) < 4.78 is 4.96. The van der Waals surface area contributed by atoms with E-state index in [1.165, 1.54) is 0 Å². The van der Waals surface area contributed by atoms with Crippen LogP contribution in [0.3, 0.4) is 0 Å². The van der Waals surface area contributed by atoms with Crippen LogP contribution >= 0.6 is 0 Å². The highest BCUT2D eigenvalue weighted by atomic mass is 16.5. The van der Waals surface area contributed by atoms with Crippen molar-refractivity contribution in [3.05, 3.63) is 0 Å². The quantitative estimate of drug-likeness (QED) is 0.281. The Bertz CT molecular complexity index is 468. The van der Waals surface area contributed by atoms with E-state index in [-0.39, 0.29) is 5.91 Å². The Morgan fingerprint density at radius 2 is 1.76 bits per heavy atom. The molecule has 0 radical (unpaired) electrons. The average molecular weight is 413 g/mol. The van der Waals surface area contributed by atoms with Gasteiger partial charge < -0.3 is 20.3 Å². The summed E-state index contributed by atoms with van der Waals surface area (Å²) in [6.45, 7) is 19.0. The lowest BCUT2D eigenvalue weighted by Crippen LogP contribution is -2.54. The van der Waals surface area contributed by atoms with Gasteiger partial charge in [0.15, 0.2) is 5.96 Å². The van der Waals surface area contributed by atoms with Gasteiger partial charge in [0.25, 0.3) is 0 Å². The Hall–Kier alpha value is -1.38. The molecule has 0 bridgehead atoms. The SMILES string of the molecule is CCNC(=NCCCN(C(C)C)C(C)C)N1CCN(CC(=O)NCCOC)CC1. The fraction of sp³-hybridized carbons (Fsp3) is 0.905. The van der Waals surface area contributed by atoms with Crippen molar-refractivity contribution in [3.8, 4) is 0 Å². The number of nitrogens with one attached hydrogen (secondary N) is 2. The van der Waals surface area contributed by atoms with Crippen LogP contribution in [-0.4, -0.2) is 111 Å². The second-order valence-electron chi connectivity index (χ2n) is 8.12. The minimum absolute atomic E-state index is 0.0657. The molecule has 1 rings (SSSR count). The zero-order valence-electron chi connectivity index (χ0n) is 19.5. The molecule has 0 aromatic carbocycles. The monoisotopic (exact) mass is 412 g/mol. The van der Waals surface area contributed by atoms with Gasteiger partial charge in [-0.1, -0.05) is 0 Å². The maximum absolute atomic E-state index is 12.0. The number of carbonyl (C=O) groups excluding carboxylic acids is 1. The number of amides is 1. The van der Waals surface area contributed by atoms with Crippen molar-refractivity contribution in [1.82, 2.24) is 25.3 Å². The highest BCUT2D eigenvalue weighted by Crippen LogP contribution is 2.06. The van der Waals surface area contributed by atoms with E-state index in [9.17, 15) is 4.79 Å². The predicted octanol–water partition coefficient (Wildman–Crippen LogP) is 0.841. The van der Waals surface area contributed by atoms with Gasteiger partial charge in [-0.15, -0.1) is 0 Å². The van der Waals surface area contributed by atoms with Crippen molar-refractivity contribution in [2.45, 2.75) is 53.1 Å². The van der Waals surface area contributed by atoms with Gasteiger partial charge in [0.1, 0.15) is 0 Å². The molecule has 1 fully saturated rings. The molecule has 29 heavy (non-hydrogen) atoms. The molecule has 1 aliphatic heterocycles. The van der Waals surface area contributed by atoms with Crippen LogP contribution in [0.15, 0.2) is 4.99 Å². The fourth-order valence-corrected chi connectivity index (χ4v) is 3.65. The van der Waals surface area contributed by atoms with Gasteiger partial charge in [-0.25, -0.2) is 0 Å². The van der Waals surface area contributed by atoms with E-state index in [2.05, 4.69) is 60.0 Å². The molecule has 0 spiro atoms. The van der Waals surface area contributed by atoms with E-state index in [1.54, 1.807) is 7.11 Å². The Morgan fingerprint density at radius 1 is 1.10 bits per heavy atom. The number of rotatable bonds is 12. The van der Waals surface area contributed by atoms with E-state index in [1.807, 2.05) is 0 Å². The van der Waals surface area contributed by atoms with Crippen LogP contribution in [-0.2, 0) is 9.53 Å². The third kappa shape index (κ3) is 10.3. The molecular formula is C21H44N6O2. The van der Waals surface area contributed by atoms with Crippen molar-refractivity contribution in [3.63, 3.8) is 0 Å². The van der Waals surface area contributed by atoms with Crippen molar-refractivity contribution in [2.24, 2.45) is 4.99 Å². The first kappa shape index (κ1) is 25.7. The molecule has 0 saturated carbocycles. The van der Waals surface area contributed by atoms with Crippen LogP contribution in [0.25, 0.3) is 0 Å². The third-order valence-corrected chi connectivity index (χ3v) is 5.16. The van der Waals surface area contributed by atoms with Crippen molar-refractivity contribution in [1.29, 1.82) is 0 Å². The average Bonchev–Trinajstić information content (AvgIpc) is 2.67. The minimum Gasteiger partial charge on any atom is -0.383 e. The van der Waals surface area contributed by atoms with E-state index in [0.29, 0.717) is 31.8 Å². The van der Waals surface area contributed by atoms with E-state index in [4.69, 9.17) is 9.73 Å². The number of piperazine rings is 1. The zero-order valence-corrected chi connectivity index (χ0v) is 19.5. The fourth-order valence-electron chi connectivity index (χ4n) is 3.65. The molecule has 0 aromatic heterocycles. The highest BCUT2D eigenvalue weighted by molar-refractivity contribution is 5.80. The summed E-state index contributed by atoms with van der Waals surface area (Å²) in [6.07, 6.45) is 1.06. The number of ether oxygens (including phenoxy) is 1. The summed E-state index contributed by atoms with van der Waals surface area (Å²) in [5.41, 5.74) is 0. The Morgan fingerprint density at radius 3 is 2.31 bits per heavy atom. The Labute approximate surface area is 178 Å². The zero-order chi connectivity index (χ0) is 21.6. The van der Waals surface area contributed by atoms with Gasteiger partial charge in [-0.3, -0.25) is 19.6 Å². The third-order valence-electron chi connectivity index (χ3n) is 5.16. The normalized spacial score (nSPS) is 16.2. The first-order valence-electron chi connectivity index (χ1n) is 11.2. The molecule has 170 valence electrons. The molecule has 1 saturated heterocycles. The Balaban J connectivity index is 2.42. The number of aliphatic imine (C=N–C) groups is 1. The molecule has 8 heteroatoms. The van der Waals surface area contributed by atoms with E-state index >= 15 is 0 Å². The van der Waals surface area contributed by atoms with Crippen molar-refractivity contribution in [2.75, 3.05) is 72.6 Å². The highest BCUT2D eigenvalue weighted by Gasteiger charge is 2.21. The predicted molar refractivity (Wildman–Crippen MR) is 120 cm³/mol. The number of carbonyl (C=O) groups is 1. The topological polar surface area (TPSA) is 72.4 Å². The summed E-state index contributed by atoms with van der Waals surface area (Å²) in [5, 5.41) is 6.31. The molecule has 2 N–H and O–H groups in total. The lowest BCUT2D eigenvalue weighted by atomic mass is 10.2. The van der Waals surface area contributed by atoms with Crippen LogP contribution in [0.1, 0.15) is 41.0 Å². The lowest BCUT2D eigenvalue weighted by Gasteiger charge is -2.36. The summed E-state index contributed by atoms with van der Waals surface area (Å²) in [7, 11) is 1.64. The largest absolute Gasteiger partial charge is 0.383 e. The molecule has 0 unspecified atom stereocenters. The second kappa shape index (κ2) is 14.6. The number of guanidine groups is 1. The van der Waals surface area contributed by atoms with E-state index < -0.39 is 0 Å². The molecule has 1 amide bonds. The minimum atomic E-state index is 0.0657. The molecule has 0 atom stereocenters. The Kier molecular flexibility index (Phi) is 12.9. The number of hydrogen-bond acceptors (Lipinski definition) is 5. The van der Waals surface area contributed by atoms with Crippen LogP contribution in [0.5, 0.6) is 0 Å². The lowest BCUT2D eigenvalue weighted by molar-refractivity contribution is -0.122. The smallest absolute Gasteiger partial charge is 0.234 e. The van der Waals surface area contributed by atoms with Crippen LogP contribution in [0.2, 0.25) is 0 Å². The van der Waals surface area contributed by atoms with Crippen LogP contribution < -0.4 is 10.6 Å². The second-order valence-corrected chi connectivity index (χ2v) is 8.12. The van der Waals surface area contributed by atoms with Crippen LogP contribution in [0, 0.1) is 0 Å².